The molecule has 0 heterocycles. The number of allylic oxidation sites excluding steroid dienone is 6. The van der Waals surface area contributed by atoms with E-state index in [1.165, 1.54) is 116 Å². The quantitative estimate of drug-likeness (QED) is 0.0444. The number of hydrogen-bond acceptors (Lipinski definition) is 3. The molecule has 0 aliphatic carbocycles. The van der Waals surface area contributed by atoms with E-state index in [9.17, 15) is 9.59 Å². The number of carboxylic acids is 1. The van der Waals surface area contributed by atoms with Gasteiger partial charge in [-0.3, -0.25) is 9.59 Å². The van der Waals surface area contributed by atoms with Gasteiger partial charge in [0.1, 0.15) is 6.10 Å². The topological polar surface area (TPSA) is 63.6 Å². The maximum Gasteiger partial charge on any atom is 0.306 e. The van der Waals surface area contributed by atoms with E-state index < -0.39 is 5.97 Å². The highest BCUT2D eigenvalue weighted by molar-refractivity contribution is 5.69. The molecule has 0 fully saturated rings. The van der Waals surface area contributed by atoms with Crippen LogP contribution in [0, 0.1) is 0 Å². The number of ether oxygens (including phenoxy) is 1. The number of hydrogen-bond donors (Lipinski definition) is 1. The molecule has 4 heteroatoms. The predicted octanol–water partition coefficient (Wildman–Crippen LogP) is 13.0. The van der Waals surface area contributed by atoms with Gasteiger partial charge in [-0.1, -0.05) is 159 Å². The van der Waals surface area contributed by atoms with Crippen molar-refractivity contribution in [2.75, 3.05) is 0 Å². The third-order valence-corrected chi connectivity index (χ3v) is 8.45. The molecule has 0 amide bonds. The molecule has 1 atom stereocenters. The molecule has 4 nitrogen and oxygen atoms in total. The SMILES string of the molecule is CC/C=C\C/C=C\C/C=C\CCCCCCCCCC(=O)OC(CC)CCCCCCCCCCCCCCCCC(=O)O. The highest BCUT2D eigenvalue weighted by Gasteiger charge is 2.12. The van der Waals surface area contributed by atoms with Gasteiger partial charge in [0.25, 0.3) is 0 Å². The van der Waals surface area contributed by atoms with E-state index in [-0.39, 0.29) is 12.1 Å². The Labute approximate surface area is 273 Å². The fourth-order valence-corrected chi connectivity index (χ4v) is 5.60. The molecule has 256 valence electrons. The Morgan fingerprint density at radius 3 is 1.41 bits per heavy atom. The average molecular weight is 617 g/mol. The summed E-state index contributed by atoms with van der Waals surface area (Å²) in [5.41, 5.74) is 0. The molecular formula is C40H72O4. The standard InChI is InChI=1S/C40H72O4/c1-3-5-6-7-8-9-10-11-12-13-14-19-22-25-28-31-34-37-40(43)44-38(4-2)35-32-29-26-23-20-17-15-16-18-21-24-27-30-33-36-39(41)42/h5-6,8-9,11-12,38H,3-4,7,10,13-37H2,1-2H3,(H,41,42)/b6-5-,9-8-,12-11-. The lowest BCUT2D eigenvalue weighted by atomic mass is 10.0. The van der Waals surface area contributed by atoms with Crippen LogP contribution in [0.4, 0.5) is 0 Å². The van der Waals surface area contributed by atoms with Crippen LogP contribution in [0.2, 0.25) is 0 Å². The molecule has 1 unspecified atom stereocenters. The first-order chi connectivity index (χ1) is 21.6. The zero-order valence-electron chi connectivity index (χ0n) is 29.2. The molecule has 0 aliphatic rings. The molecule has 0 aromatic carbocycles. The largest absolute Gasteiger partial charge is 0.481 e. The van der Waals surface area contributed by atoms with Crippen molar-refractivity contribution in [1.82, 2.24) is 0 Å². The Morgan fingerprint density at radius 2 is 0.932 bits per heavy atom. The second-order valence-electron chi connectivity index (χ2n) is 12.7. The molecule has 0 aromatic rings. The lowest BCUT2D eigenvalue weighted by molar-refractivity contribution is -0.149. The molecule has 0 bridgehead atoms. The summed E-state index contributed by atoms with van der Waals surface area (Å²) in [6.45, 7) is 4.30. The second kappa shape index (κ2) is 35.6. The number of carboxylic acid groups (broad SMARTS) is 1. The van der Waals surface area contributed by atoms with Gasteiger partial charge >= 0.3 is 11.9 Å². The molecule has 0 aliphatic heterocycles. The van der Waals surface area contributed by atoms with Crippen LogP contribution in [-0.2, 0) is 14.3 Å². The first-order valence-corrected chi connectivity index (χ1v) is 19.0. The Bertz CT molecular complexity index is 708. The van der Waals surface area contributed by atoms with Gasteiger partial charge in [-0.15, -0.1) is 0 Å². The van der Waals surface area contributed by atoms with Crippen LogP contribution in [-0.4, -0.2) is 23.1 Å². The van der Waals surface area contributed by atoms with Crippen LogP contribution < -0.4 is 0 Å². The van der Waals surface area contributed by atoms with Crippen molar-refractivity contribution < 1.29 is 19.4 Å². The number of unbranched alkanes of at least 4 members (excludes halogenated alkanes) is 20. The first kappa shape index (κ1) is 42.2. The van der Waals surface area contributed by atoms with Gasteiger partial charge in [0.05, 0.1) is 0 Å². The van der Waals surface area contributed by atoms with Gasteiger partial charge < -0.3 is 9.84 Å². The van der Waals surface area contributed by atoms with E-state index in [1.54, 1.807) is 0 Å². The van der Waals surface area contributed by atoms with Gasteiger partial charge in [0.2, 0.25) is 0 Å². The van der Waals surface area contributed by atoms with Crippen LogP contribution in [0.15, 0.2) is 36.5 Å². The summed E-state index contributed by atoms with van der Waals surface area (Å²) in [7, 11) is 0. The summed E-state index contributed by atoms with van der Waals surface area (Å²) in [4.78, 5) is 22.8. The van der Waals surface area contributed by atoms with Crippen molar-refractivity contribution in [2.24, 2.45) is 0 Å². The average Bonchev–Trinajstić information content (AvgIpc) is 3.01. The maximum atomic E-state index is 12.3. The summed E-state index contributed by atoms with van der Waals surface area (Å²) in [6, 6.07) is 0. The van der Waals surface area contributed by atoms with Crippen molar-refractivity contribution in [3.05, 3.63) is 36.5 Å². The minimum absolute atomic E-state index is 0.00842. The normalized spacial score (nSPS) is 12.6. The van der Waals surface area contributed by atoms with Crippen molar-refractivity contribution in [1.29, 1.82) is 0 Å². The van der Waals surface area contributed by atoms with Crippen LogP contribution >= 0.6 is 0 Å². The van der Waals surface area contributed by atoms with Crippen LogP contribution in [0.3, 0.4) is 0 Å². The summed E-state index contributed by atoms with van der Waals surface area (Å²) >= 11 is 0. The highest BCUT2D eigenvalue weighted by Crippen LogP contribution is 2.17. The third kappa shape index (κ3) is 34.6. The van der Waals surface area contributed by atoms with Crippen molar-refractivity contribution in [2.45, 2.75) is 206 Å². The van der Waals surface area contributed by atoms with Gasteiger partial charge in [-0.2, -0.15) is 0 Å². The monoisotopic (exact) mass is 617 g/mol. The fourth-order valence-electron chi connectivity index (χ4n) is 5.60. The predicted molar refractivity (Wildman–Crippen MR) is 190 cm³/mol. The van der Waals surface area contributed by atoms with Crippen molar-refractivity contribution in [3.63, 3.8) is 0 Å². The van der Waals surface area contributed by atoms with E-state index >= 15 is 0 Å². The molecule has 0 radical (unpaired) electrons. The molecule has 1 N–H and O–H groups in total. The summed E-state index contributed by atoms with van der Waals surface area (Å²) < 4.78 is 5.78. The van der Waals surface area contributed by atoms with Crippen molar-refractivity contribution >= 4 is 11.9 Å². The van der Waals surface area contributed by atoms with E-state index in [0.29, 0.717) is 12.8 Å². The van der Waals surface area contributed by atoms with Gasteiger partial charge in [-0.05, 0) is 64.2 Å². The second-order valence-corrected chi connectivity index (χ2v) is 12.7. The van der Waals surface area contributed by atoms with Gasteiger partial charge in [-0.25, -0.2) is 0 Å². The molecule has 44 heavy (non-hydrogen) atoms. The third-order valence-electron chi connectivity index (χ3n) is 8.45. The minimum Gasteiger partial charge on any atom is -0.481 e. The van der Waals surface area contributed by atoms with E-state index in [0.717, 1.165) is 57.8 Å². The van der Waals surface area contributed by atoms with Gasteiger partial charge in [0.15, 0.2) is 0 Å². The fraction of sp³-hybridized carbons (Fsp3) is 0.800. The van der Waals surface area contributed by atoms with Crippen LogP contribution in [0.5, 0.6) is 0 Å². The zero-order chi connectivity index (χ0) is 32.2. The van der Waals surface area contributed by atoms with Crippen LogP contribution in [0.25, 0.3) is 0 Å². The summed E-state index contributed by atoms with van der Waals surface area (Å²) in [6.07, 6.45) is 46.8. The Balaban J connectivity index is 3.46. The molecule has 0 spiro atoms. The summed E-state index contributed by atoms with van der Waals surface area (Å²) in [5.74, 6) is -0.659. The van der Waals surface area contributed by atoms with Crippen molar-refractivity contribution in [3.8, 4) is 0 Å². The number of carbonyl (C=O) groups is 2. The molecule has 0 saturated carbocycles. The summed E-state index contributed by atoms with van der Waals surface area (Å²) in [5, 5.41) is 8.65. The number of esters is 1. The van der Waals surface area contributed by atoms with E-state index in [2.05, 4.69) is 50.3 Å². The Morgan fingerprint density at radius 1 is 0.523 bits per heavy atom. The lowest BCUT2D eigenvalue weighted by Crippen LogP contribution is -2.17. The van der Waals surface area contributed by atoms with E-state index in [1.807, 2.05) is 0 Å². The minimum atomic E-state index is -0.668. The molecular weight excluding hydrogens is 544 g/mol. The number of rotatable bonds is 34. The first-order valence-electron chi connectivity index (χ1n) is 19.0. The van der Waals surface area contributed by atoms with E-state index in [4.69, 9.17) is 9.84 Å². The Hall–Kier alpha value is -1.84. The number of carbonyl (C=O) groups excluding carboxylic acids is 1. The Kier molecular flexibility index (Phi) is 34.1. The zero-order valence-corrected chi connectivity index (χ0v) is 29.2. The molecule has 0 saturated heterocycles. The smallest absolute Gasteiger partial charge is 0.306 e. The maximum absolute atomic E-state index is 12.3. The van der Waals surface area contributed by atoms with Crippen LogP contribution in [0.1, 0.15) is 200 Å². The lowest BCUT2D eigenvalue weighted by Gasteiger charge is -2.16. The van der Waals surface area contributed by atoms with Gasteiger partial charge in [0, 0.05) is 12.8 Å². The molecule has 0 rings (SSSR count). The number of aliphatic carboxylic acids is 1. The highest BCUT2D eigenvalue weighted by atomic mass is 16.5. The molecule has 0 aromatic heterocycles.